The third-order valence-corrected chi connectivity index (χ3v) is 4.27. The lowest BCUT2D eigenvalue weighted by Crippen LogP contribution is -2.32. The van der Waals surface area contributed by atoms with Crippen LogP contribution in [0.2, 0.25) is 5.02 Å². The lowest BCUT2D eigenvalue weighted by atomic mass is 9.92. The van der Waals surface area contributed by atoms with Crippen molar-refractivity contribution >= 4 is 17.5 Å². The van der Waals surface area contributed by atoms with Gasteiger partial charge in [0.05, 0.1) is 10.6 Å². The first-order chi connectivity index (χ1) is 8.44. The number of hydrogen-bond acceptors (Lipinski definition) is 2. The topological polar surface area (TPSA) is 42.0 Å². The van der Waals surface area contributed by atoms with Gasteiger partial charge >= 0.3 is 0 Å². The Labute approximate surface area is 113 Å². The summed E-state index contributed by atoms with van der Waals surface area (Å²) in [7, 11) is 0. The van der Waals surface area contributed by atoms with E-state index in [4.69, 9.17) is 11.6 Å². The Kier molecular flexibility index (Phi) is 3.62. The summed E-state index contributed by atoms with van der Waals surface area (Å²) in [6.07, 6.45) is 3.94. The van der Waals surface area contributed by atoms with E-state index in [-0.39, 0.29) is 5.91 Å². The van der Waals surface area contributed by atoms with Crippen LogP contribution >= 0.6 is 11.6 Å². The van der Waals surface area contributed by atoms with Crippen LogP contribution in [0.1, 0.15) is 42.7 Å². The van der Waals surface area contributed by atoms with E-state index in [0.29, 0.717) is 21.9 Å². The van der Waals surface area contributed by atoms with Crippen LogP contribution in [0.4, 0.5) is 0 Å². The maximum Gasteiger partial charge on any atom is 0.254 e. The highest BCUT2D eigenvalue weighted by molar-refractivity contribution is 6.33. The minimum absolute atomic E-state index is 0.126. The number of rotatable bonds is 4. The second kappa shape index (κ2) is 4.88. The summed E-state index contributed by atoms with van der Waals surface area (Å²) in [6, 6.07) is 1.71. The van der Waals surface area contributed by atoms with Crippen molar-refractivity contribution in [3.8, 4) is 0 Å². The number of aromatic nitrogens is 1. The van der Waals surface area contributed by atoms with Crippen LogP contribution in [0.3, 0.4) is 0 Å². The van der Waals surface area contributed by atoms with Crippen LogP contribution < -0.4 is 5.32 Å². The fourth-order valence-corrected chi connectivity index (χ4v) is 2.46. The third kappa shape index (κ3) is 2.66. The van der Waals surface area contributed by atoms with Gasteiger partial charge in [0, 0.05) is 18.4 Å². The van der Waals surface area contributed by atoms with Crippen LogP contribution in [0.15, 0.2) is 12.3 Å². The van der Waals surface area contributed by atoms with Gasteiger partial charge in [-0.3, -0.25) is 9.78 Å². The summed E-state index contributed by atoms with van der Waals surface area (Å²) in [5.41, 5.74) is 1.58. The van der Waals surface area contributed by atoms with Crippen molar-refractivity contribution in [2.24, 2.45) is 11.3 Å². The van der Waals surface area contributed by atoms with E-state index >= 15 is 0 Å². The molecule has 4 heteroatoms. The molecule has 1 saturated carbocycles. The maximum absolute atomic E-state index is 12.0. The summed E-state index contributed by atoms with van der Waals surface area (Å²) in [4.78, 5) is 16.1. The highest BCUT2D eigenvalue weighted by Crippen LogP contribution is 2.51. The lowest BCUT2D eigenvalue weighted by Gasteiger charge is -2.20. The van der Waals surface area contributed by atoms with Gasteiger partial charge < -0.3 is 5.32 Å². The van der Waals surface area contributed by atoms with E-state index in [0.717, 1.165) is 12.2 Å². The third-order valence-electron chi connectivity index (χ3n) is 3.95. The summed E-state index contributed by atoms with van der Waals surface area (Å²) in [5.74, 6) is 0.476. The molecule has 0 saturated heterocycles. The fraction of sp³-hybridized carbons (Fsp3) is 0.571. The zero-order chi connectivity index (χ0) is 13.3. The first-order valence-corrected chi connectivity index (χ1v) is 6.73. The number of hydrogen-bond donors (Lipinski definition) is 1. The van der Waals surface area contributed by atoms with Gasteiger partial charge in [0.25, 0.3) is 5.91 Å². The highest BCUT2D eigenvalue weighted by Gasteiger charge is 2.45. The number of nitrogens with zero attached hydrogens (tertiary/aromatic N) is 1. The zero-order valence-electron chi connectivity index (χ0n) is 11.1. The molecule has 1 aromatic heterocycles. The van der Waals surface area contributed by atoms with Gasteiger partial charge in [-0.15, -0.1) is 0 Å². The van der Waals surface area contributed by atoms with E-state index in [2.05, 4.69) is 24.1 Å². The normalized spacial score (nSPS) is 16.7. The van der Waals surface area contributed by atoms with Gasteiger partial charge in [0.15, 0.2) is 0 Å². The second-order valence-corrected chi connectivity index (χ2v) is 5.91. The molecule has 0 bridgehead atoms. The Balaban J connectivity index is 2.00. The molecule has 1 heterocycles. The predicted molar refractivity (Wildman–Crippen MR) is 72.8 cm³/mol. The molecular weight excluding hydrogens is 248 g/mol. The summed E-state index contributed by atoms with van der Waals surface area (Å²) < 4.78 is 0. The molecule has 98 valence electrons. The summed E-state index contributed by atoms with van der Waals surface area (Å²) in [5, 5.41) is 3.45. The van der Waals surface area contributed by atoms with Crippen LogP contribution in [0.25, 0.3) is 0 Å². The molecule has 18 heavy (non-hydrogen) atoms. The zero-order valence-corrected chi connectivity index (χ0v) is 11.8. The number of carbonyl (C=O) groups is 1. The predicted octanol–water partition coefficient (Wildman–Crippen LogP) is 3.21. The van der Waals surface area contributed by atoms with E-state index in [1.54, 1.807) is 12.3 Å². The van der Waals surface area contributed by atoms with E-state index in [1.165, 1.54) is 12.8 Å². The van der Waals surface area contributed by atoms with Crippen molar-refractivity contribution < 1.29 is 4.79 Å². The monoisotopic (exact) mass is 266 g/mol. The largest absolute Gasteiger partial charge is 0.351 e. The van der Waals surface area contributed by atoms with Crippen molar-refractivity contribution in [2.75, 3.05) is 6.54 Å². The highest BCUT2D eigenvalue weighted by atomic mass is 35.5. The Morgan fingerprint density at radius 1 is 1.56 bits per heavy atom. The number of amides is 1. The molecule has 1 aliphatic rings. The number of carbonyl (C=O) groups excluding carboxylic acids is 1. The van der Waals surface area contributed by atoms with Crippen molar-refractivity contribution in [3.05, 3.63) is 28.5 Å². The van der Waals surface area contributed by atoms with E-state index in [9.17, 15) is 4.79 Å². The van der Waals surface area contributed by atoms with Crippen molar-refractivity contribution in [3.63, 3.8) is 0 Å². The van der Waals surface area contributed by atoms with Gasteiger partial charge in [0.1, 0.15) is 0 Å². The first kappa shape index (κ1) is 13.3. The molecule has 1 fully saturated rings. The van der Waals surface area contributed by atoms with Gasteiger partial charge in [-0.2, -0.15) is 0 Å². The number of pyridine rings is 1. The molecule has 1 amide bonds. The van der Waals surface area contributed by atoms with E-state index in [1.807, 2.05) is 6.92 Å². The average Bonchev–Trinajstić information content (AvgIpc) is 3.07. The van der Waals surface area contributed by atoms with Gasteiger partial charge in [-0.05, 0) is 37.2 Å². The molecule has 0 atom stereocenters. The smallest absolute Gasteiger partial charge is 0.254 e. The van der Waals surface area contributed by atoms with E-state index < -0.39 is 0 Å². The van der Waals surface area contributed by atoms with Crippen molar-refractivity contribution in [1.29, 1.82) is 0 Å². The minimum Gasteiger partial charge on any atom is -0.351 e. The molecule has 2 rings (SSSR count). The molecule has 0 spiro atoms. The first-order valence-electron chi connectivity index (χ1n) is 6.35. The molecule has 0 unspecified atom stereocenters. The Hall–Kier alpha value is -1.09. The summed E-state index contributed by atoms with van der Waals surface area (Å²) >= 11 is 6.05. The van der Waals surface area contributed by atoms with Crippen molar-refractivity contribution in [2.45, 2.75) is 33.6 Å². The Bertz CT molecular complexity index is 467. The number of nitrogens with one attached hydrogen (secondary N) is 1. The number of halogens is 1. The van der Waals surface area contributed by atoms with Gasteiger partial charge in [-0.1, -0.05) is 25.4 Å². The minimum atomic E-state index is -0.126. The SMILES string of the molecule is Cc1cc(Cl)c(C(=O)NCC2(C(C)C)CC2)cn1. The maximum atomic E-state index is 12.0. The Morgan fingerprint density at radius 2 is 2.22 bits per heavy atom. The molecule has 3 nitrogen and oxygen atoms in total. The quantitative estimate of drug-likeness (QED) is 0.909. The van der Waals surface area contributed by atoms with Gasteiger partial charge in [0.2, 0.25) is 0 Å². The molecule has 0 aromatic carbocycles. The molecule has 1 N–H and O–H groups in total. The molecule has 0 radical (unpaired) electrons. The van der Waals surface area contributed by atoms with Crippen LogP contribution in [-0.2, 0) is 0 Å². The molecular formula is C14H19ClN2O. The molecule has 1 aromatic rings. The summed E-state index contributed by atoms with van der Waals surface area (Å²) in [6.45, 7) is 7.00. The number of aryl methyl sites for hydroxylation is 1. The Morgan fingerprint density at radius 3 is 2.72 bits per heavy atom. The van der Waals surface area contributed by atoms with Crippen molar-refractivity contribution in [1.82, 2.24) is 10.3 Å². The fourth-order valence-electron chi connectivity index (χ4n) is 2.16. The van der Waals surface area contributed by atoms with Crippen LogP contribution in [-0.4, -0.2) is 17.4 Å². The van der Waals surface area contributed by atoms with Crippen LogP contribution in [0, 0.1) is 18.3 Å². The van der Waals surface area contributed by atoms with Crippen LogP contribution in [0.5, 0.6) is 0 Å². The lowest BCUT2D eigenvalue weighted by molar-refractivity contribution is 0.0939. The second-order valence-electron chi connectivity index (χ2n) is 5.51. The average molecular weight is 267 g/mol. The molecule has 1 aliphatic carbocycles. The standard InChI is InChI=1S/C14H19ClN2O/c1-9(2)14(4-5-14)8-17-13(18)11-7-16-10(3)6-12(11)15/h6-7,9H,4-5,8H2,1-3H3,(H,17,18). The molecule has 0 aliphatic heterocycles. The van der Waals surface area contributed by atoms with Gasteiger partial charge in [-0.25, -0.2) is 0 Å².